The van der Waals surface area contributed by atoms with Gasteiger partial charge in [0, 0.05) is 11.8 Å². The highest BCUT2D eigenvalue weighted by Gasteiger charge is 2.08. The number of halogens is 2. The van der Waals surface area contributed by atoms with Crippen LogP contribution in [-0.2, 0) is 0 Å². The first kappa shape index (κ1) is 14.1. The smallest absolute Gasteiger partial charge is 0.267 e. The summed E-state index contributed by atoms with van der Waals surface area (Å²) < 4.78 is 0. The van der Waals surface area contributed by atoms with Crippen LogP contribution >= 0.6 is 23.2 Å². The number of carbonyl (C=O) groups is 1. The minimum absolute atomic E-state index is 0.291. The zero-order valence-corrected chi connectivity index (χ0v) is 11.8. The lowest BCUT2D eigenvalue weighted by Crippen LogP contribution is -2.18. The number of carbonyl (C=O) groups excluding carboxylic acids is 1. The lowest BCUT2D eigenvalue weighted by molar-refractivity contribution is 0.0955. The summed E-state index contributed by atoms with van der Waals surface area (Å²) in [4.78, 5) is 11.8. The van der Waals surface area contributed by atoms with Crippen molar-refractivity contribution in [1.82, 2.24) is 5.43 Å². The van der Waals surface area contributed by atoms with Crippen molar-refractivity contribution in [2.75, 3.05) is 0 Å². The van der Waals surface area contributed by atoms with Crippen molar-refractivity contribution < 1.29 is 4.79 Å². The van der Waals surface area contributed by atoms with Crippen LogP contribution in [0.3, 0.4) is 0 Å². The van der Waals surface area contributed by atoms with E-state index in [0.29, 0.717) is 21.5 Å². The van der Waals surface area contributed by atoms with Crippen LogP contribution in [0.25, 0.3) is 0 Å². The summed E-state index contributed by atoms with van der Waals surface area (Å²) in [6, 6.07) is 4.73. The molecule has 0 spiro atoms. The van der Waals surface area contributed by atoms with Gasteiger partial charge in [-0.05, 0) is 43.4 Å². The van der Waals surface area contributed by atoms with E-state index in [1.807, 2.05) is 0 Å². The molecule has 1 aliphatic carbocycles. The van der Waals surface area contributed by atoms with Crippen LogP contribution in [0.15, 0.2) is 35.5 Å². The lowest BCUT2D eigenvalue weighted by atomic mass is 9.96. The van der Waals surface area contributed by atoms with Crippen molar-refractivity contribution in [3.63, 3.8) is 0 Å². The van der Waals surface area contributed by atoms with Crippen molar-refractivity contribution in [2.24, 2.45) is 11.0 Å². The molecule has 0 bridgehead atoms. The van der Waals surface area contributed by atoms with Gasteiger partial charge in [0.15, 0.2) is 0 Å². The maximum absolute atomic E-state index is 11.8. The number of hydrogen-bond donors (Lipinski definition) is 1. The number of hydrogen-bond acceptors (Lipinski definition) is 2. The molecule has 1 aromatic carbocycles. The van der Waals surface area contributed by atoms with Gasteiger partial charge in [0.1, 0.15) is 0 Å². The standard InChI is InChI=1S/C14H14Cl2N2O/c15-12-7-6-11(8-13(12)16)14(19)18-17-9-10-4-2-1-3-5-10/h1-2,6-10H,3-5H2,(H,18,19)/b17-9-/t10-/m1/s1. The van der Waals surface area contributed by atoms with Crippen molar-refractivity contribution in [1.29, 1.82) is 0 Å². The van der Waals surface area contributed by atoms with Gasteiger partial charge in [0.2, 0.25) is 0 Å². The molecular weight excluding hydrogens is 283 g/mol. The van der Waals surface area contributed by atoms with Crippen LogP contribution in [0, 0.1) is 5.92 Å². The third-order valence-corrected chi connectivity index (χ3v) is 3.68. The number of amides is 1. The summed E-state index contributed by atoms with van der Waals surface area (Å²) in [6.07, 6.45) is 9.21. The minimum Gasteiger partial charge on any atom is -0.267 e. The average Bonchev–Trinajstić information content (AvgIpc) is 2.43. The number of benzene rings is 1. The van der Waals surface area contributed by atoms with Gasteiger partial charge in [-0.2, -0.15) is 5.10 Å². The van der Waals surface area contributed by atoms with Crippen molar-refractivity contribution in [2.45, 2.75) is 19.3 Å². The zero-order chi connectivity index (χ0) is 13.7. The van der Waals surface area contributed by atoms with Gasteiger partial charge >= 0.3 is 0 Å². The van der Waals surface area contributed by atoms with Crippen LogP contribution in [0.1, 0.15) is 29.6 Å². The Morgan fingerprint density at radius 1 is 1.32 bits per heavy atom. The Labute approximate surface area is 122 Å². The van der Waals surface area contributed by atoms with Gasteiger partial charge < -0.3 is 0 Å². The molecule has 1 aromatic rings. The molecule has 0 unspecified atom stereocenters. The third kappa shape index (κ3) is 4.08. The van der Waals surface area contributed by atoms with Gasteiger partial charge in [0.25, 0.3) is 5.91 Å². The summed E-state index contributed by atoms with van der Waals surface area (Å²) in [7, 11) is 0. The van der Waals surface area contributed by atoms with E-state index in [1.165, 1.54) is 6.07 Å². The number of nitrogens with one attached hydrogen (secondary N) is 1. The number of rotatable bonds is 3. The maximum Gasteiger partial charge on any atom is 0.271 e. The monoisotopic (exact) mass is 296 g/mol. The van der Waals surface area contributed by atoms with Crippen molar-refractivity contribution >= 4 is 35.3 Å². The molecule has 1 amide bonds. The Kier molecular flexibility index (Phi) is 5.00. The predicted molar refractivity (Wildman–Crippen MR) is 78.9 cm³/mol. The first-order valence-electron chi connectivity index (χ1n) is 6.10. The highest BCUT2D eigenvalue weighted by Crippen LogP contribution is 2.22. The van der Waals surface area contributed by atoms with E-state index in [2.05, 4.69) is 22.7 Å². The van der Waals surface area contributed by atoms with Crippen LogP contribution in [0.4, 0.5) is 0 Å². The van der Waals surface area contributed by atoms with Crippen LogP contribution in [0.2, 0.25) is 10.0 Å². The van der Waals surface area contributed by atoms with Gasteiger partial charge in [-0.3, -0.25) is 4.79 Å². The quantitative estimate of drug-likeness (QED) is 0.510. The Balaban J connectivity index is 1.91. The second-order valence-corrected chi connectivity index (χ2v) is 5.21. The maximum atomic E-state index is 11.8. The number of nitrogens with zero attached hydrogens (tertiary/aromatic N) is 1. The fraction of sp³-hybridized carbons (Fsp3) is 0.286. The largest absolute Gasteiger partial charge is 0.271 e. The molecule has 0 aliphatic heterocycles. The Morgan fingerprint density at radius 3 is 2.84 bits per heavy atom. The Hall–Kier alpha value is -1.32. The summed E-state index contributed by atoms with van der Waals surface area (Å²) in [5.41, 5.74) is 2.94. The van der Waals surface area contributed by atoms with Crippen molar-refractivity contribution in [3.05, 3.63) is 46.0 Å². The average molecular weight is 297 g/mol. The second kappa shape index (κ2) is 6.73. The van der Waals surface area contributed by atoms with E-state index >= 15 is 0 Å². The van der Waals surface area contributed by atoms with Crippen LogP contribution < -0.4 is 5.43 Å². The van der Waals surface area contributed by atoms with E-state index in [1.54, 1.807) is 18.3 Å². The van der Waals surface area contributed by atoms with E-state index in [0.717, 1.165) is 19.3 Å². The van der Waals surface area contributed by atoms with Crippen LogP contribution in [-0.4, -0.2) is 12.1 Å². The molecule has 1 atom stereocenters. The molecule has 0 fully saturated rings. The van der Waals surface area contributed by atoms with Crippen LogP contribution in [0.5, 0.6) is 0 Å². The first-order chi connectivity index (χ1) is 9.16. The molecule has 0 radical (unpaired) electrons. The Morgan fingerprint density at radius 2 is 2.16 bits per heavy atom. The SMILES string of the molecule is O=C(N/N=C\[C@@H]1CC=CCC1)c1ccc(Cl)c(Cl)c1. The van der Waals surface area contributed by atoms with E-state index in [9.17, 15) is 4.79 Å². The molecule has 3 nitrogen and oxygen atoms in total. The molecule has 100 valence electrons. The minimum atomic E-state index is -0.291. The molecule has 1 aliphatic rings. The summed E-state index contributed by atoms with van der Waals surface area (Å²) >= 11 is 11.6. The zero-order valence-electron chi connectivity index (χ0n) is 10.3. The molecule has 0 saturated carbocycles. The fourth-order valence-electron chi connectivity index (χ4n) is 1.86. The highest BCUT2D eigenvalue weighted by molar-refractivity contribution is 6.42. The molecule has 0 heterocycles. The summed E-state index contributed by atoms with van der Waals surface area (Å²) in [5, 5.41) is 4.77. The Bertz CT molecular complexity index is 526. The number of hydrazone groups is 1. The van der Waals surface area contributed by atoms with Gasteiger partial charge in [-0.1, -0.05) is 35.4 Å². The highest BCUT2D eigenvalue weighted by atomic mass is 35.5. The normalized spacial score (nSPS) is 18.7. The van der Waals surface area contributed by atoms with E-state index < -0.39 is 0 Å². The topological polar surface area (TPSA) is 41.5 Å². The number of allylic oxidation sites excluding steroid dienone is 2. The summed E-state index contributed by atoms with van der Waals surface area (Å²) in [6.45, 7) is 0. The van der Waals surface area contributed by atoms with Gasteiger partial charge in [-0.25, -0.2) is 5.43 Å². The lowest BCUT2D eigenvalue weighted by Gasteiger charge is -2.11. The summed E-state index contributed by atoms with van der Waals surface area (Å²) in [5.74, 6) is 0.111. The van der Waals surface area contributed by atoms with E-state index in [4.69, 9.17) is 23.2 Å². The predicted octanol–water partition coefficient (Wildman–Crippen LogP) is 4.07. The van der Waals surface area contributed by atoms with Crippen molar-refractivity contribution in [3.8, 4) is 0 Å². The van der Waals surface area contributed by atoms with E-state index in [-0.39, 0.29) is 5.91 Å². The molecule has 1 N–H and O–H groups in total. The third-order valence-electron chi connectivity index (χ3n) is 2.94. The van der Waals surface area contributed by atoms with Gasteiger partial charge in [0.05, 0.1) is 10.0 Å². The molecular formula is C14H14Cl2N2O. The molecule has 2 rings (SSSR count). The fourth-order valence-corrected chi connectivity index (χ4v) is 2.15. The second-order valence-electron chi connectivity index (χ2n) is 4.39. The van der Waals surface area contributed by atoms with Gasteiger partial charge in [-0.15, -0.1) is 0 Å². The first-order valence-corrected chi connectivity index (χ1v) is 6.86. The molecule has 0 saturated heterocycles. The molecule has 19 heavy (non-hydrogen) atoms. The molecule has 0 aromatic heterocycles. The molecule has 5 heteroatoms.